The minimum atomic E-state index is -0.200. The van der Waals surface area contributed by atoms with Crippen molar-refractivity contribution < 1.29 is 9.59 Å². The van der Waals surface area contributed by atoms with E-state index in [0.29, 0.717) is 47.4 Å². The van der Waals surface area contributed by atoms with Crippen molar-refractivity contribution in [3.8, 4) is 0 Å². The van der Waals surface area contributed by atoms with Crippen molar-refractivity contribution in [2.45, 2.75) is 32.9 Å². The predicted molar refractivity (Wildman–Crippen MR) is 108 cm³/mol. The molecule has 3 amide bonds. The molecule has 0 aromatic carbocycles. The lowest BCUT2D eigenvalue weighted by Gasteiger charge is -2.40. The lowest BCUT2D eigenvalue weighted by molar-refractivity contribution is -0.136. The average molecular weight is 415 g/mol. The van der Waals surface area contributed by atoms with Gasteiger partial charge >= 0.3 is 6.03 Å². The standard InChI is InChI=1S/C17H27ClN6O2S/c1-11(2)24-5-4-19-13(10-24)15(25)22-6-8-23(9-7-22)17(26)21-16-20-12(3)14(18)27-16/h11,13,19H,4-10H2,1-3H3,(H,20,21,26)/t13-/m1/s1. The summed E-state index contributed by atoms with van der Waals surface area (Å²) in [6.45, 7) is 10.8. The Balaban J connectivity index is 1.49. The third-order valence-electron chi connectivity index (χ3n) is 5.07. The second-order valence-corrected chi connectivity index (χ2v) is 8.82. The van der Waals surface area contributed by atoms with Gasteiger partial charge in [0.15, 0.2) is 5.13 Å². The summed E-state index contributed by atoms with van der Waals surface area (Å²) in [6, 6.07) is 0.0715. The Morgan fingerprint density at radius 1 is 1.22 bits per heavy atom. The molecule has 3 heterocycles. The van der Waals surface area contributed by atoms with Gasteiger partial charge in [-0.05, 0) is 20.8 Å². The number of aromatic nitrogens is 1. The number of halogens is 1. The van der Waals surface area contributed by atoms with Crippen molar-refractivity contribution in [3.63, 3.8) is 0 Å². The number of carbonyl (C=O) groups is 2. The first-order valence-electron chi connectivity index (χ1n) is 9.30. The van der Waals surface area contributed by atoms with Crippen LogP contribution in [0.1, 0.15) is 19.5 Å². The molecule has 0 bridgehead atoms. The molecule has 150 valence electrons. The minimum Gasteiger partial charge on any atom is -0.338 e. The summed E-state index contributed by atoms with van der Waals surface area (Å²) in [7, 11) is 0. The Morgan fingerprint density at radius 2 is 1.89 bits per heavy atom. The smallest absolute Gasteiger partial charge is 0.323 e. The summed E-state index contributed by atoms with van der Waals surface area (Å²) >= 11 is 7.25. The van der Waals surface area contributed by atoms with Crippen LogP contribution in [0.15, 0.2) is 0 Å². The maximum atomic E-state index is 12.8. The first-order valence-corrected chi connectivity index (χ1v) is 10.5. The maximum Gasteiger partial charge on any atom is 0.323 e. The van der Waals surface area contributed by atoms with Gasteiger partial charge in [-0.2, -0.15) is 0 Å². The topological polar surface area (TPSA) is 80.8 Å². The van der Waals surface area contributed by atoms with Crippen LogP contribution in [0, 0.1) is 6.92 Å². The fourth-order valence-corrected chi connectivity index (χ4v) is 4.30. The Morgan fingerprint density at radius 3 is 2.48 bits per heavy atom. The molecule has 2 aliphatic heterocycles. The highest BCUT2D eigenvalue weighted by atomic mass is 35.5. The van der Waals surface area contributed by atoms with Crippen LogP contribution in [0.25, 0.3) is 0 Å². The number of nitrogens with zero attached hydrogens (tertiary/aromatic N) is 4. The highest BCUT2D eigenvalue weighted by Crippen LogP contribution is 2.27. The number of anilines is 1. The number of hydrogen-bond donors (Lipinski definition) is 2. The van der Waals surface area contributed by atoms with Crippen LogP contribution in [0.4, 0.5) is 9.93 Å². The zero-order valence-corrected chi connectivity index (χ0v) is 17.6. The van der Waals surface area contributed by atoms with E-state index in [4.69, 9.17) is 11.6 Å². The molecule has 2 fully saturated rings. The molecule has 1 atom stereocenters. The molecule has 0 radical (unpaired) electrons. The zero-order chi connectivity index (χ0) is 19.6. The van der Waals surface area contributed by atoms with Crippen LogP contribution in [0.3, 0.4) is 0 Å². The summed E-state index contributed by atoms with van der Waals surface area (Å²) < 4.78 is 0.580. The van der Waals surface area contributed by atoms with Crippen molar-refractivity contribution >= 4 is 40.0 Å². The maximum absolute atomic E-state index is 12.8. The normalized spacial score (nSPS) is 21.6. The Bertz CT molecular complexity index is 669. The van der Waals surface area contributed by atoms with E-state index in [2.05, 4.69) is 34.4 Å². The number of amides is 3. The van der Waals surface area contributed by atoms with Crippen molar-refractivity contribution in [1.82, 2.24) is 25.0 Å². The first kappa shape index (κ1) is 20.3. The number of thiazole rings is 1. The first-order chi connectivity index (χ1) is 12.8. The van der Waals surface area contributed by atoms with E-state index in [1.165, 1.54) is 11.3 Å². The van der Waals surface area contributed by atoms with Crippen LogP contribution >= 0.6 is 22.9 Å². The lowest BCUT2D eigenvalue weighted by atomic mass is 10.1. The predicted octanol–water partition coefficient (Wildman–Crippen LogP) is 1.46. The Kier molecular flexibility index (Phi) is 6.56. The zero-order valence-electron chi connectivity index (χ0n) is 16.0. The van der Waals surface area contributed by atoms with E-state index in [0.717, 1.165) is 19.6 Å². The second kappa shape index (κ2) is 8.72. The van der Waals surface area contributed by atoms with Crippen molar-refractivity contribution in [3.05, 3.63) is 10.0 Å². The van der Waals surface area contributed by atoms with Gasteiger partial charge < -0.3 is 15.1 Å². The minimum absolute atomic E-state index is 0.128. The summed E-state index contributed by atoms with van der Waals surface area (Å²) in [5.41, 5.74) is 0.711. The molecule has 0 aliphatic carbocycles. The quantitative estimate of drug-likeness (QED) is 0.782. The third-order valence-corrected chi connectivity index (χ3v) is 6.43. The highest BCUT2D eigenvalue weighted by molar-refractivity contribution is 7.19. The van der Waals surface area contributed by atoms with Crippen LogP contribution in [-0.4, -0.2) is 89.5 Å². The van der Waals surface area contributed by atoms with Gasteiger partial charge in [0.25, 0.3) is 0 Å². The molecule has 2 aliphatic rings. The van der Waals surface area contributed by atoms with Gasteiger partial charge in [-0.15, -0.1) is 0 Å². The number of piperazine rings is 2. The second-order valence-electron chi connectivity index (χ2n) is 7.22. The molecule has 8 nitrogen and oxygen atoms in total. The van der Waals surface area contributed by atoms with E-state index in [9.17, 15) is 9.59 Å². The van der Waals surface area contributed by atoms with Crippen LogP contribution in [-0.2, 0) is 4.79 Å². The molecule has 27 heavy (non-hydrogen) atoms. The van der Waals surface area contributed by atoms with Crippen molar-refractivity contribution in [2.75, 3.05) is 51.1 Å². The molecule has 2 N–H and O–H groups in total. The van der Waals surface area contributed by atoms with E-state index in [-0.39, 0.29) is 18.0 Å². The summed E-state index contributed by atoms with van der Waals surface area (Å²) in [5, 5.41) is 6.62. The van der Waals surface area contributed by atoms with Crippen molar-refractivity contribution in [1.29, 1.82) is 0 Å². The van der Waals surface area contributed by atoms with E-state index >= 15 is 0 Å². The number of urea groups is 1. The average Bonchev–Trinajstić information content (AvgIpc) is 2.98. The summed E-state index contributed by atoms with van der Waals surface area (Å²) in [6.07, 6.45) is 0. The molecule has 3 rings (SSSR count). The number of rotatable bonds is 3. The molecule has 0 saturated carbocycles. The summed E-state index contributed by atoms with van der Waals surface area (Å²) in [4.78, 5) is 35.3. The molecule has 0 spiro atoms. The van der Waals surface area contributed by atoms with Gasteiger partial charge in [-0.1, -0.05) is 22.9 Å². The monoisotopic (exact) mass is 414 g/mol. The highest BCUT2D eigenvalue weighted by Gasteiger charge is 2.32. The number of nitrogens with one attached hydrogen (secondary N) is 2. The van der Waals surface area contributed by atoms with Gasteiger partial charge in [0.1, 0.15) is 4.34 Å². The van der Waals surface area contributed by atoms with Gasteiger partial charge in [0.2, 0.25) is 5.91 Å². The van der Waals surface area contributed by atoms with Gasteiger partial charge in [0.05, 0.1) is 11.7 Å². The fourth-order valence-electron chi connectivity index (χ4n) is 3.36. The molecule has 1 aromatic heterocycles. The fraction of sp³-hybridized carbons (Fsp3) is 0.706. The van der Waals surface area contributed by atoms with E-state index < -0.39 is 0 Å². The van der Waals surface area contributed by atoms with Gasteiger partial charge in [-0.3, -0.25) is 15.0 Å². The molecular weight excluding hydrogens is 388 g/mol. The van der Waals surface area contributed by atoms with Gasteiger partial charge in [-0.25, -0.2) is 9.78 Å². The van der Waals surface area contributed by atoms with Gasteiger partial charge in [0, 0.05) is 51.9 Å². The number of hydrogen-bond acceptors (Lipinski definition) is 6. The largest absolute Gasteiger partial charge is 0.338 e. The molecular formula is C17H27ClN6O2S. The van der Waals surface area contributed by atoms with Crippen LogP contribution < -0.4 is 10.6 Å². The lowest BCUT2D eigenvalue weighted by Crippen LogP contribution is -2.61. The SMILES string of the molecule is Cc1nc(NC(=O)N2CCN(C(=O)[C@H]3CN(C(C)C)CCN3)CC2)sc1Cl. The van der Waals surface area contributed by atoms with Crippen LogP contribution in [0.5, 0.6) is 0 Å². The van der Waals surface area contributed by atoms with E-state index in [1.807, 2.05) is 4.90 Å². The Labute approximate surface area is 168 Å². The van der Waals surface area contributed by atoms with Crippen molar-refractivity contribution in [2.24, 2.45) is 0 Å². The number of carbonyl (C=O) groups excluding carboxylic acids is 2. The molecule has 10 heteroatoms. The molecule has 2 saturated heterocycles. The number of aryl methyl sites for hydroxylation is 1. The molecule has 0 unspecified atom stereocenters. The Hall–Kier alpha value is -1.42. The summed E-state index contributed by atoms with van der Waals surface area (Å²) in [5.74, 6) is 0.128. The third kappa shape index (κ3) is 4.90. The van der Waals surface area contributed by atoms with E-state index in [1.54, 1.807) is 11.8 Å². The molecule has 1 aromatic rings. The van der Waals surface area contributed by atoms with Crippen LogP contribution in [0.2, 0.25) is 4.34 Å².